The summed E-state index contributed by atoms with van der Waals surface area (Å²) in [6.07, 6.45) is -1.41. The molecule has 7 nitrogen and oxygen atoms in total. The Morgan fingerprint density at radius 1 is 1.25 bits per heavy atom. The number of hydrogen-bond donors (Lipinski definition) is 1. The molecule has 2 heterocycles. The molecule has 0 saturated carbocycles. The second-order valence-electron chi connectivity index (χ2n) is 7.04. The number of nitrogens with zero attached hydrogens (tertiary/aromatic N) is 2. The van der Waals surface area contributed by atoms with Gasteiger partial charge in [-0.3, -0.25) is 0 Å². The average Bonchev–Trinajstić information content (AvgIpc) is 3.06. The average molecular weight is 419 g/mol. The van der Waals surface area contributed by atoms with Crippen molar-refractivity contribution in [3.05, 3.63) is 58.4 Å². The Balaban J connectivity index is 1.93. The lowest BCUT2D eigenvalue weighted by molar-refractivity contribution is -0.0446. The van der Waals surface area contributed by atoms with Crippen molar-refractivity contribution in [2.24, 2.45) is 0 Å². The summed E-state index contributed by atoms with van der Waals surface area (Å²) in [6, 6.07) is 9.06. The Bertz CT molecular complexity index is 1240. The van der Waals surface area contributed by atoms with E-state index in [0.29, 0.717) is 10.5 Å². The fourth-order valence-electron chi connectivity index (χ4n) is 3.25. The third kappa shape index (κ3) is 2.83. The monoisotopic (exact) mass is 418 g/mol. The second kappa shape index (κ2) is 6.21. The van der Waals surface area contributed by atoms with E-state index in [1.807, 2.05) is 0 Å². The van der Waals surface area contributed by atoms with Gasteiger partial charge in [-0.15, -0.1) is 0 Å². The standard InChI is InChI=1S/C19H15ClN2O5S/c1-19(2)17(23)16(12-9-11(21-3)5-7-14(12)27-19)28(24,25)18-22-13-8-10(20)4-6-15(13)26-18/h4-9,16-17,23H,1-2H3/t16-,17+/m1/s1. The zero-order chi connectivity index (χ0) is 20.3. The van der Waals surface area contributed by atoms with Gasteiger partial charge in [0, 0.05) is 10.6 Å². The molecule has 4 rings (SSSR count). The largest absolute Gasteiger partial charge is 0.485 e. The van der Waals surface area contributed by atoms with Crippen LogP contribution >= 0.6 is 11.6 Å². The van der Waals surface area contributed by atoms with Gasteiger partial charge in [0.15, 0.2) is 11.3 Å². The number of oxazole rings is 1. The molecule has 144 valence electrons. The molecular weight excluding hydrogens is 404 g/mol. The highest BCUT2D eigenvalue weighted by molar-refractivity contribution is 7.91. The molecule has 9 heteroatoms. The molecule has 2 aromatic carbocycles. The number of benzene rings is 2. The number of aliphatic hydroxyl groups excluding tert-OH is 1. The molecule has 28 heavy (non-hydrogen) atoms. The van der Waals surface area contributed by atoms with E-state index < -0.39 is 32.0 Å². The predicted molar refractivity (Wildman–Crippen MR) is 102 cm³/mol. The summed E-state index contributed by atoms with van der Waals surface area (Å²) in [6.45, 7) is 10.4. The van der Waals surface area contributed by atoms with Crippen LogP contribution in [0.25, 0.3) is 15.9 Å². The first-order valence-corrected chi connectivity index (χ1v) is 10.2. The Morgan fingerprint density at radius 2 is 2.00 bits per heavy atom. The van der Waals surface area contributed by atoms with Gasteiger partial charge in [-0.25, -0.2) is 13.3 Å². The maximum Gasteiger partial charge on any atom is 0.316 e. The Labute approximate surface area is 166 Å². The number of ether oxygens (including phenoxy) is 1. The molecule has 0 saturated heterocycles. The highest BCUT2D eigenvalue weighted by atomic mass is 35.5. The maximum atomic E-state index is 13.4. The van der Waals surface area contributed by atoms with E-state index in [0.717, 1.165) is 0 Å². The molecule has 1 aliphatic heterocycles. The van der Waals surface area contributed by atoms with E-state index >= 15 is 0 Å². The molecule has 0 aliphatic carbocycles. The predicted octanol–water partition coefficient (Wildman–Crippen LogP) is 4.08. The minimum Gasteiger partial charge on any atom is -0.485 e. The van der Waals surface area contributed by atoms with Gasteiger partial charge in [0.25, 0.3) is 0 Å². The van der Waals surface area contributed by atoms with E-state index in [1.54, 1.807) is 19.9 Å². The summed E-state index contributed by atoms with van der Waals surface area (Å²) in [5.41, 5.74) is -0.194. The summed E-state index contributed by atoms with van der Waals surface area (Å²) >= 11 is 5.94. The molecule has 0 unspecified atom stereocenters. The van der Waals surface area contributed by atoms with Crippen LogP contribution in [0.3, 0.4) is 0 Å². The minimum atomic E-state index is -4.25. The Hall–Kier alpha value is -2.60. The lowest BCUT2D eigenvalue weighted by Gasteiger charge is -2.41. The van der Waals surface area contributed by atoms with Crippen LogP contribution in [0.1, 0.15) is 24.7 Å². The zero-order valence-electron chi connectivity index (χ0n) is 14.9. The number of aliphatic hydroxyl groups is 1. The van der Waals surface area contributed by atoms with Crippen LogP contribution in [0, 0.1) is 6.57 Å². The van der Waals surface area contributed by atoms with Crippen LogP contribution in [0.2, 0.25) is 5.02 Å². The van der Waals surface area contributed by atoms with Crippen molar-refractivity contribution in [1.82, 2.24) is 4.98 Å². The van der Waals surface area contributed by atoms with Crippen LogP contribution in [-0.2, 0) is 9.84 Å². The van der Waals surface area contributed by atoms with Gasteiger partial charge in [0.1, 0.15) is 28.2 Å². The molecule has 0 radical (unpaired) electrons. The number of aromatic nitrogens is 1. The first kappa shape index (κ1) is 18.7. The highest BCUT2D eigenvalue weighted by Gasteiger charge is 2.51. The van der Waals surface area contributed by atoms with Crippen LogP contribution in [0.5, 0.6) is 5.75 Å². The summed E-state index contributed by atoms with van der Waals surface area (Å²) in [4.78, 5) is 7.40. The highest BCUT2D eigenvalue weighted by Crippen LogP contribution is 2.47. The number of sulfone groups is 1. The Morgan fingerprint density at radius 3 is 2.71 bits per heavy atom. The van der Waals surface area contributed by atoms with E-state index in [4.69, 9.17) is 27.3 Å². The zero-order valence-corrected chi connectivity index (χ0v) is 16.5. The van der Waals surface area contributed by atoms with E-state index in [9.17, 15) is 13.5 Å². The van der Waals surface area contributed by atoms with Crippen LogP contribution in [-0.4, -0.2) is 30.2 Å². The van der Waals surface area contributed by atoms with Crippen molar-refractivity contribution >= 4 is 38.2 Å². The normalized spacial score (nSPS) is 21.0. The van der Waals surface area contributed by atoms with Gasteiger partial charge in [-0.2, -0.15) is 4.98 Å². The summed E-state index contributed by atoms with van der Waals surface area (Å²) in [5.74, 6) is 0.287. The second-order valence-corrected chi connectivity index (χ2v) is 9.43. The summed E-state index contributed by atoms with van der Waals surface area (Å²) in [5, 5.41) is 9.31. The molecule has 0 bridgehead atoms. The molecule has 0 spiro atoms. The molecule has 0 amide bonds. The fraction of sp³-hybridized carbons (Fsp3) is 0.263. The van der Waals surface area contributed by atoms with Gasteiger partial charge in [-0.1, -0.05) is 17.7 Å². The van der Waals surface area contributed by atoms with Gasteiger partial charge in [0.2, 0.25) is 9.84 Å². The first-order chi connectivity index (χ1) is 13.1. The van der Waals surface area contributed by atoms with Crippen LogP contribution in [0.15, 0.2) is 46.0 Å². The minimum absolute atomic E-state index is 0.195. The molecule has 3 aromatic rings. The van der Waals surface area contributed by atoms with Gasteiger partial charge < -0.3 is 14.3 Å². The fourth-order valence-corrected chi connectivity index (χ4v) is 5.25. The van der Waals surface area contributed by atoms with E-state index in [2.05, 4.69) is 9.83 Å². The van der Waals surface area contributed by atoms with E-state index in [1.165, 1.54) is 30.3 Å². The Kier molecular flexibility index (Phi) is 4.16. The van der Waals surface area contributed by atoms with Gasteiger partial charge >= 0.3 is 5.22 Å². The molecule has 1 aromatic heterocycles. The van der Waals surface area contributed by atoms with Crippen LogP contribution < -0.4 is 4.74 Å². The number of hydrogen-bond acceptors (Lipinski definition) is 6. The third-order valence-electron chi connectivity index (χ3n) is 4.71. The van der Waals surface area contributed by atoms with Crippen molar-refractivity contribution in [3.8, 4) is 5.75 Å². The number of halogens is 1. The molecule has 1 N–H and O–H groups in total. The topological polar surface area (TPSA) is 94.0 Å². The van der Waals surface area contributed by atoms with Crippen molar-refractivity contribution in [3.63, 3.8) is 0 Å². The van der Waals surface area contributed by atoms with Gasteiger partial charge in [0.05, 0.1) is 6.57 Å². The SMILES string of the molecule is [C-]#[N+]c1ccc2c(c1)[C@@H](S(=O)(=O)c1nc3cc(Cl)ccc3o1)[C@H](O)C(C)(C)O2. The van der Waals surface area contributed by atoms with Gasteiger partial charge in [-0.05, 0) is 44.2 Å². The number of fused-ring (bicyclic) bond motifs is 2. The molecule has 2 atom stereocenters. The maximum absolute atomic E-state index is 13.4. The third-order valence-corrected chi connectivity index (χ3v) is 6.79. The summed E-state index contributed by atoms with van der Waals surface area (Å²) in [7, 11) is -4.25. The smallest absolute Gasteiger partial charge is 0.316 e. The molecule has 1 aliphatic rings. The van der Waals surface area contributed by atoms with Crippen molar-refractivity contribution in [1.29, 1.82) is 0 Å². The van der Waals surface area contributed by atoms with Crippen LogP contribution in [0.4, 0.5) is 5.69 Å². The lowest BCUT2D eigenvalue weighted by atomic mass is 9.90. The van der Waals surface area contributed by atoms with Crippen molar-refractivity contribution < 1.29 is 22.7 Å². The van der Waals surface area contributed by atoms with Crippen molar-refractivity contribution in [2.75, 3.05) is 0 Å². The summed E-state index contributed by atoms with van der Waals surface area (Å²) < 4.78 is 38.1. The van der Waals surface area contributed by atoms with Crippen molar-refractivity contribution in [2.45, 2.75) is 36.0 Å². The van der Waals surface area contributed by atoms with E-state index in [-0.39, 0.29) is 22.6 Å². The molecular formula is C19H15ClN2O5S. The number of rotatable bonds is 2. The lowest BCUT2D eigenvalue weighted by Crippen LogP contribution is -2.50. The quantitative estimate of drug-likeness (QED) is 0.630. The first-order valence-electron chi connectivity index (χ1n) is 8.32. The molecule has 0 fully saturated rings.